The Bertz CT molecular complexity index is 384. The summed E-state index contributed by atoms with van der Waals surface area (Å²) < 4.78 is 24.3. The van der Waals surface area contributed by atoms with Gasteiger partial charge in [-0.15, -0.1) is 0 Å². The maximum absolute atomic E-state index is 10.1. The molecule has 0 saturated heterocycles. The predicted molar refractivity (Wildman–Crippen MR) is 49.8 cm³/mol. The molecule has 0 bridgehead atoms. The van der Waals surface area contributed by atoms with E-state index in [-0.39, 0.29) is 0 Å². The Morgan fingerprint density at radius 1 is 1.54 bits per heavy atom. The largest absolute Gasteiger partial charge is 0.243 e. The van der Waals surface area contributed by atoms with Crippen LogP contribution in [-0.2, 0) is 23.9 Å². The summed E-state index contributed by atoms with van der Waals surface area (Å²) in [7, 11) is -0.0540. The van der Waals surface area contributed by atoms with Gasteiger partial charge in [0, 0.05) is 5.37 Å². The molecular weight excluding hydrogens is 188 g/mol. The van der Waals surface area contributed by atoms with Crippen LogP contribution in [0.2, 0.25) is 0 Å². The normalized spacial score (nSPS) is 9.92. The van der Waals surface area contributed by atoms with E-state index in [2.05, 4.69) is 0 Å². The zero-order valence-electron chi connectivity index (χ0n) is 7.55. The average Bonchev–Trinajstić information content (AvgIpc) is 2.45. The highest BCUT2D eigenvalue weighted by atomic mass is 32.2. The monoisotopic (exact) mass is 201 g/mol. The average molecular weight is 201 g/mol. The standard InChI is InChI=1S/C8H13N2O2S/c1-9-5-6-10(8-9)4-2-3-7-13(11)12/h5-8H,2-4H2,1H3/q+1. The first-order valence-corrected chi connectivity index (χ1v) is 5.24. The second kappa shape index (κ2) is 4.81. The number of hydrogen-bond acceptors (Lipinski definition) is 2. The van der Waals surface area contributed by atoms with Crippen LogP contribution in [-0.4, -0.2) is 18.4 Å². The molecule has 4 nitrogen and oxygen atoms in total. The molecule has 0 aliphatic rings. The van der Waals surface area contributed by atoms with Crippen LogP contribution in [0.1, 0.15) is 12.8 Å². The summed E-state index contributed by atoms with van der Waals surface area (Å²) >= 11 is 0. The fourth-order valence-electron chi connectivity index (χ4n) is 1.09. The lowest BCUT2D eigenvalue weighted by Gasteiger charge is -1.90. The fourth-order valence-corrected chi connectivity index (χ4v) is 1.45. The van der Waals surface area contributed by atoms with Gasteiger partial charge in [0.1, 0.15) is 12.4 Å². The molecule has 0 unspecified atom stereocenters. The van der Waals surface area contributed by atoms with Crippen molar-refractivity contribution < 1.29 is 13.0 Å². The first-order chi connectivity index (χ1) is 6.18. The lowest BCUT2D eigenvalue weighted by atomic mass is 10.3. The second-order valence-corrected chi connectivity index (χ2v) is 3.74. The number of nitrogens with zero attached hydrogens (tertiary/aromatic N) is 2. The van der Waals surface area contributed by atoms with Crippen molar-refractivity contribution in [3.63, 3.8) is 0 Å². The van der Waals surface area contributed by atoms with Gasteiger partial charge in [-0.3, -0.25) is 0 Å². The molecular formula is C8H13N2O2S+. The van der Waals surface area contributed by atoms with E-state index in [4.69, 9.17) is 0 Å². The van der Waals surface area contributed by atoms with Gasteiger partial charge < -0.3 is 0 Å². The number of aromatic nitrogens is 2. The van der Waals surface area contributed by atoms with Gasteiger partial charge in [-0.25, -0.2) is 9.13 Å². The minimum atomic E-state index is -2.01. The van der Waals surface area contributed by atoms with E-state index in [0.29, 0.717) is 6.42 Å². The van der Waals surface area contributed by atoms with Gasteiger partial charge in [-0.05, 0) is 12.8 Å². The number of imidazole rings is 1. The Kier molecular flexibility index (Phi) is 3.70. The van der Waals surface area contributed by atoms with E-state index in [9.17, 15) is 8.42 Å². The Morgan fingerprint density at radius 3 is 2.85 bits per heavy atom. The predicted octanol–water partition coefficient (Wildman–Crippen LogP) is -0.226. The quantitative estimate of drug-likeness (QED) is 0.384. The topological polar surface area (TPSA) is 43.0 Å². The van der Waals surface area contributed by atoms with Gasteiger partial charge in [0.2, 0.25) is 16.6 Å². The van der Waals surface area contributed by atoms with E-state index >= 15 is 0 Å². The van der Waals surface area contributed by atoms with Crippen molar-refractivity contribution in [1.29, 1.82) is 0 Å². The molecule has 0 saturated carbocycles. The molecule has 0 aliphatic heterocycles. The molecule has 1 aromatic heterocycles. The number of aryl methyl sites for hydroxylation is 2. The molecule has 72 valence electrons. The Labute approximate surface area is 79.0 Å². The van der Waals surface area contributed by atoms with E-state index < -0.39 is 10.3 Å². The maximum atomic E-state index is 10.1. The molecule has 13 heavy (non-hydrogen) atoms. The van der Waals surface area contributed by atoms with Crippen LogP contribution in [0.25, 0.3) is 0 Å². The van der Waals surface area contributed by atoms with Gasteiger partial charge in [0.05, 0.1) is 13.6 Å². The lowest BCUT2D eigenvalue weighted by molar-refractivity contribution is -0.671. The molecule has 0 aromatic carbocycles. The van der Waals surface area contributed by atoms with Crippen LogP contribution in [0.5, 0.6) is 0 Å². The van der Waals surface area contributed by atoms with E-state index in [1.165, 1.54) is 5.37 Å². The highest BCUT2D eigenvalue weighted by Crippen LogP contribution is 1.91. The molecule has 0 fully saturated rings. The summed E-state index contributed by atoms with van der Waals surface area (Å²) in [6.45, 7) is 0.856. The van der Waals surface area contributed by atoms with E-state index in [1.54, 1.807) is 0 Å². The van der Waals surface area contributed by atoms with Crippen molar-refractivity contribution in [2.45, 2.75) is 19.4 Å². The number of unbranched alkanes of at least 4 members (excludes halogenated alkanes) is 1. The highest BCUT2D eigenvalue weighted by molar-refractivity contribution is 7.71. The minimum Gasteiger partial charge on any atom is -0.240 e. The molecule has 0 spiro atoms. The Balaban J connectivity index is 2.32. The Morgan fingerprint density at radius 2 is 2.31 bits per heavy atom. The third kappa shape index (κ3) is 3.89. The molecule has 1 heterocycles. The summed E-state index contributed by atoms with van der Waals surface area (Å²) in [5.74, 6) is 0. The smallest absolute Gasteiger partial charge is 0.240 e. The number of hydrogen-bond donors (Lipinski definition) is 0. The van der Waals surface area contributed by atoms with Crippen molar-refractivity contribution in [2.75, 3.05) is 0 Å². The lowest BCUT2D eigenvalue weighted by Crippen LogP contribution is -2.23. The highest BCUT2D eigenvalue weighted by Gasteiger charge is 1.97. The molecule has 0 atom stereocenters. The van der Waals surface area contributed by atoms with Gasteiger partial charge in [-0.1, -0.05) is 0 Å². The molecule has 1 rings (SSSR count). The third-order valence-electron chi connectivity index (χ3n) is 1.70. The molecule has 0 N–H and O–H groups in total. The fraction of sp³-hybridized carbons (Fsp3) is 0.500. The van der Waals surface area contributed by atoms with Crippen LogP contribution in [0, 0.1) is 0 Å². The van der Waals surface area contributed by atoms with E-state index in [0.717, 1.165) is 13.0 Å². The van der Waals surface area contributed by atoms with Crippen molar-refractivity contribution in [3.05, 3.63) is 18.7 Å². The van der Waals surface area contributed by atoms with Crippen LogP contribution in [0.15, 0.2) is 18.7 Å². The molecule has 5 heteroatoms. The Hall–Kier alpha value is -1.10. The van der Waals surface area contributed by atoms with Gasteiger partial charge >= 0.3 is 0 Å². The van der Waals surface area contributed by atoms with Crippen LogP contribution < -0.4 is 4.57 Å². The molecule has 0 radical (unpaired) electrons. The summed E-state index contributed by atoms with van der Waals surface area (Å²) in [5.41, 5.74) is 0. The SMILES string of the molecule is C[n+]1ccn(CCCC=S(=O)=O)c1. The zero-order chi connectivity index (χ0) is 9.68. The number of rotatable bonds is 4. The summed E-state index contributed by atoms with van der Waals surface area (Å²) in [6, 6.07) is 0. The zero-order valence-corrected chi connectivity index (χ0v) is 8.37. The maximum Gasteiger partial charge on any atom is 0.243 e. The van der Waals surface area contributed by atoms with Crippen molar-refractivity contribution >= 4 is 15.7 Å². The molecule has 1 aromatic rings. The van der Waals surface area contributed by atoms with Gasteiger partial charge in [-0.2, -0.15) is 8.42 Å². The third-order valence-corrected chi connectivity index (χ3v) is 2.21. The summed E-state index contributed by atoms with van der Waals surface area (Å²) in [4.78, 5) is 0. The first-order valence-electron chi connectivity index (χ1n) is 4.11. The van der Waals surface area contributed by atoms with Crippen LogP contribution in [0.4, 0.5) is 0 Å². The summed E-state index contributed by atoms with van der Waals surface area (Å²) in [5, 5.41) is 1.30. The molecule has 0 aliphatic carbocycles. The minimum absolute atomic E-state index is 0.609. The van der Waals surface area contributed by atoms with Crippen molar-refractivity contribution in [1.82, 2.24) is 4.57 Å². The van der Waals surface area contributed by atoms with Gasteiger partial charge in [0.15, 0.2) is 0 Å². The van der Waals surface area contributed by atoms with Crippen LogP contribution in [0.3, 0.4) is 0 Å². The second-order valence-electron chi connectivity index (χ2n) is 2.89. The first kappa shape index (κ1) is 9.98. The van der Waals surface area contributed by atoms with Crippen molar-refractivity contribution in [2.24, 2.45) is 7.05 Å². The van der Waals surface area contributed by atoms with Gasteiger partial charge in [0.25, 0.3) is 0 Å². The van der Waals surface area contributed by atoms with E-state index in [1.807, 2.05) is 34.9 Å². The van der Waals surface area contributed by atoms with Crippen molar-refractivity contribution in [3.8, 4) is 0 Å². The molecule has 0 amide bonds. The van der Waals surface area contributed by atoms with Crippen LogP contribution >= 0.6 is 0 Å². The summed E-state index contributed by atoms with van der Waals surface area (Å²) in [6.07, 6.45) is 7.35.